The summed E-state index contributed by atoms with van der Waals surface area (Å²) in [6.45, 7) is 6.46. The number of nitrogens with one attached hydrogen (secondary N) is 1. The minimum Gasteiger partial charge on any atom is -0.352 e. The lowest BCUT2D eigenvalue weighted by Crippen LogP contribution is -2.16. The van der Waals surface area contributed by atoms with E-state index in [1.165, 1.54) is 19.3 Å². The monoisotopic (exact) mass is 238 g/mol. The second-order valence-corrected chi connectivity index (χ2v) is 4.94. The van der Waals surface area contributed by atoms with Crippen molar-refractivity contribution >= 4 is 5.91 Å². The van der Waals surface area contributed by atoms with E-state index in [1.807, 2.05) is 0 Å². The highest BCUT2D eigenvalue weighted by molar-refractivity contribution is 5.91. The molecule has 1 aliphatic rings. The van der Waals surface area contributed by atoms with Crippen molar-refractivity contribution in [2.75, 3.05) is 7.05 Å². The van der Waals surface area contributed by atoms with Crippen LogP contribution in [0.1, 0.15) is 49.4 Å². The first-order valence-electron chi connectivity index (χ1n) is 6.18. The van der Waals surface area contributed by atoms with Gasteiger partial charge in [-0.15, -0.1) is 0 Å². The van der Waals surface area contributed by atoms with Gasteiger partial charge in [-0.2, -0.15) is 0 Å². The van der Waals surface area contributed by atoms with Gasteiger partial charge in [0.1, 0.15) is 0 Å². The van der Waals surface area contributed by atoms with Gasteiger partial charge < -0.3 is 9.84 Å². The molecular formula is C13H22N2O2. The van der Waals surface area contributed by atoms with Crippen LogP contribution in [0.4, 0.5) is 0 Å². The number of aryl methyl sites for hydroxylation is 1. The molecule has 1 amide bonds. The van der Waals surface area contributed by atoms with E-state index in [9.17, 15) is 4.79 Å². The summed E-state index contributed by atoms with van der Waals surface area (Å²) in [5.74, 6) is 2.05. The van der Waals surface area contributed by atoms with Crippen LogP contribution in [0.15, 0.2) is 10.6 Å². The Hall–Kier alpha value is -1.32. The maximum atomic E-state index is 10.8. The van der Waals surface area contributed by atoms with Crippen molar-refractivity contribution in [3.05, 3.63) is 17.5 Å². The molecule has 4 heteroatoms. The summed E-state index contributed by atoms with van der Waals surface area (Å²) in [6.07, 6.45) is 4.42. The number of carbonyl (C=O) groups excluding carboxylic acids is 1. The van der Waals surface area contributed by atoms with Gasteiger partial charge in [-0.1, -0.05) is 31.8 Å². The molecule has 0 bridgehead atoms. The molecule has 1 aromatic rings. The molecule has 1 N–H and O–H groups in total. The second-order valence-electron chi connectivity index (χ2n) is 4.94. The van der Waals surface area contributed by atoms with Gasteiger partial charge in [0.25, 0.3) is 5.91 Å². The predicted octanol–water partition coefficient (Wildman–Crippen LogP) is 2.79. The highest BCUT2D eigenvalue weighted by Gasteiger charge is 2.15. The lowest BCUT2D eigenvalue weighted by molar-refractivity contribution is 0.0926. The van der Waals surface area contributed by atoms with E-state index in [-0.39, 0.29) is 11.7 Å². The highest BCUT2D eigenvalue weighted by Crippen LogP contribution is 2.29. The van der Waals surface area contributed by atoms with Gasteiger partial charge in [0, 0.05) is 13.1 Å². The lowest BCUT2D eigenvalue weighted by atomic mass is 10.1. The molecule has 1 aliphatic carbocycles. The molecule has 1 aromatic heterocycles. The fourth-order valence-corrected chi connectivity index (χ4v) is 2.09. The van der Waals surface area contributed by atoms with Crippen LogP contribution in [0.25, 0.3) is 0 Å². The maximum Gasteiger partial charge on any atom is 0.289 e. The van der Waals surface area contributed by atoms with E-state index in [0.29, 0.717) is 5.69 Å². The molecule has 1 heterocycles. The summed E-state index contributed by atoms with van der Waals surface area (Å²) in [5.41, 5.74) is 0.707. The summed E-state index contributed by atoms with van der Waals surface area (Å²) < 4.78 is 4.65. The SMILES string of the molecule is CNC(=O)c1cc(C)no1.C[C@@H]1CC[C@H](C)C1. The average molecular weight is 238 g/mol. The van der Waals surface area contributed by atoms with Crippen molar-refractivity contribution in [2.45, 2.75) is 40.0 Å². The van der Waals surface area contributed by atoms with Crippen molar-refractivity contribution in [3.63, 3.8) is 0 Å². The Kier molecular flexibility index (Phi) is 5.19. The fourth-order valence-electron chi connectivity index (χ4n) is 2.09. The van der Waals surface area contributed by atoms with E-state index in [2.05, 4.69) is 28.8 Å². The maximum absolute atomic E-state index is 10.8. The van der Waals surface area contributed by atoms with Crippen LogP contribution in [0, 0.1) is 18.8 Å². The molecule has 0 saturated heterocycles. The Balaban J connectivity index is 0.000000181. The summed E-state index contributed by atoms with van der Waals surface area (Å²) in [7, 11) is 1.54. The number of aromatic nitrogens is 1. The van der Waals surface area contributed by atoms with E-state index < -0.39 is 0 Å². The van der Waals surface area contributed by atoms with Crippen molar-refractivity contribution in [1.82, 2.24) is 10.5 Å². The van der Waals surface area contributed by atoms with Crippen LogP contribution in [0.3, 0.4) is 0 Å². The van der Waals surface area contributed by atoms with Crippen LogP contribution in [0.2, 0.25) is 0 Å². The molecular weight excluding hydrogens is 216 g/mol. The Bertz CT molecular complexity index is 352. The van der Waals surface area contributed by atoms with Crippen LogP contribution < -0.4 is 5.32 Å². The topological polar surface area (TPSA) is 55.1 Å². The molecule has 17 heavy (non-hydrogen) atoms. The number of amides is 1. The van der Waals surface area contributed by atoms with E-state index in [4.69, 9.17) is 0 Å². The summed E-state index contributed by atoms with van der Waals surface area (Å²) in [5, 5.41) is 5.97. The molecule has 4 nitrogen and oxygen atoms in total. The fraction of sp³-hybridized carbons (Fsp3) is 0.692. The van der Waals surface area contributed by atoms with E-state index >= 15 is 0 Å². The number of carbonyl (C=O) groups is 1. The molecule has 2 rings (SSSR count). The first kappa shape index (κ1) is 13.7. The van der Waals surface area contributed by atoms with Gasteiger partial charge in [-0.3, -0.25) is 4.79 Å². The van der Waals surface area contributed by atoms with Crippen molar-refractivity contribution in [2.24, 2.45) is 11.8 Å². The third-order valence-corrected chi connectivity index (χ3v) is 3.04. The van der Waals surface area contributed by atoms with Crippen LogP contribution in [-0.4, -0.2) is 18.1 Å². The van der Waals surface area contributed by atoms with Gasteiger partial charge in [0.15, 0.2) is 0 Å². The Morgan fingerprint density at radius 2 is 2.00 bits per heavy atom. The quantitative estimate of drug-likeness (QED) is 0.818. The van der Waals surface area contributed by atoms with E-state index in [0.717, 1.165) is 11.8 Å². The zero-order valence-corrected chi connectivity index (χ0v) is 11.1. The molecule has 0 aromatic carbocycles. The predicted molar refractivity (Wildman–Crippen MR) is 66.8 cm³/mol. The van der Waals surface area contributed by atoms with Crippen molar-refractivity contribution in [3.8, 4) is 0 Å². The Morgan fingerprint density at radius 1 is 1.41 bits per heavy atom. The van der Waals surface area contributed by atoms with Gasteiger partial charge in [-0.25, -0.2) is 0 Å². The Labute approximate surface area is 103 Å². The molecule has 96 valence electrons. The number of hydrogen-bond donors (Lipinski definition) is 1. The summed E-state index contributed by atoms with van der Waals surface area (Å²) in [6, 6.07) is 1.58. The number of hydrogen-bond acceptors (Lipinski definition) is 3. The number of nitrogens with zero attached hydrogens (tertiary/aromatic N) is 1. The third-order valence-electron chi connectivity index (χ3n) is 3.04. The van der Waals surface area contributed by atoms with Crippen LogP contribution >= 0.6 is 0 Å². The number of rotatable bonds is 1. The second kappa shape index (κ2) is 6.42. The van der Waals surface area contributed by atoms with Gasteiger partial charge in [0.2, 0.25) is 5.76 Å². The molecule has 0 aliphatic heterocycles. The van der Waals surface area contributed by atoms with Crippen LogP contribution in [-0.2, 0) is 0 Å². The summed E-state index contributed by atoms with van der Waals surface area (Å²) in [4.78, 5) is 10.8. The molecule has 1 fully saturated rings. The van der Waals surface area contributed by atoms with E-state index in [1.54, 1.807) is 20.0 Å². The zero-order valence-electron chi connectivity index (χ0n) is 11.1. The lowest BCUT2D eigenvalue weighted by Gasteiger charge is -1.96. The molecule has 0 unspecified atom stereocenters. The highest BCUT2D eigenvalue weighted by atomic mass is 16.5. The minimum atomic E-state index is -0.249. The average Bonchev–Trinajstić information content (AvgIpc) is 2.87. The van der Waals surface area contributed by atoms with Gasteiger partial charge in [-0.05, 0) is 25.2 Å². The Morgan fingerprint density at radius 3 is 2.29 bits per heavy atom. The first-order valence-corrected chi connectivity index (χ1v) is 6.18. The molecule has 0 spiro atoms. The molecule has 1 saturated carbocycles. The van der Waals surface area contributed by atoms with Crippen LogP contribution in [0.5, 0.6) is 0 Å². The first-order chi connectivity index (χ1) is 8.02. The molecule has 0 radical (unpaired) electrons. The van der Waals surface area contributed by atoms with Crippen molar-refractivity contribution < 1.29 is 9.32 Å². The third kappa shape index (κ3) is 4.59. The molecule has 2 atom stereocenters. The van der Waals surface area contributed by atoms with Crippen molar-refractivity contribution in [1.29, 1.82) is 0 Å². The summed E-state index contributed by atoms with van der Waals surface area (Å²) >= 11 is 0. The standard InChI is InChI=1S/C7H14.C6H8N2O2/c1-6-3-4-7(2)5-6;1-4-3-5(10-8-4)6(9)7-2/h6-7H,3-5H2,1-2H3;3H,1-2H3,(H,7,9)/t6-,7+;. The largest absolute Gasteiger partial charge is 0.352 e. The minimum absolute atomic E-state index is 0.249. The van der Waals surface area contributed by atoms with Gasteiger partial charge >= 0.3 is 0 Å². The zero-order chi connectivity index (χ0) is 12.8. The smallest absolute Gasteiger partial charge is 0.289 e. The van der Waals surface area contributed by atoms with Gasteiger partial charge in [0.05, 0.1) is 5.69 Å². The normalized spacial score (nSPS) is 22.8.